The Kier molecular flexibility index (Phi) is 8.71. The first-order chi connectivity index (χ1) is 17.9. The molecule has 37 heavy (non-hydrogen) atoms. The van der Waals surface area contributed by atoms with E-state index in [9.17, 15) is 14.4 Å². The number of nitrogens with one attached hydrogen (secondary N) is 1. The van der Waals surface area contributed by atoms with Crippen LogP contribution in [0.4, 0.5) is 5.69 Å². The van der Waals surface area contributed by atoms with Gasteiger partial charge in [-0.25, -0.2) is 0 Å². The Morgan fingerprint density at radius 1 is 1.00 bits per heavy atom. The van der Waals surface area contributed by atoms with E-state index in [0.29, 0.717) is 10.7 Å². The molecule has 0 saturated carbocycles. The molecule has 8 heteroatoms. The van der Waals surface area contributed by atoms with E-state index < -0.39 is 29.9 Å². The lowest BCUT2D eigenvalue weighted by Crippen LogP contribution is -2.56. The minimum absolute atomic E-state index is 0.269. The summed E-state index contributed by atoms with van der Waals surface area (Å²) in [5, 5.41) is 7.30. The zero-order valence-electron chi connectivity index (χ0n) is 20.3. The first-order valence-corrected chi connectivity index (χ1v) is 13.1. The molecule has 0 fully saturated rings. The highest BCUT2D eigenvalue weighted by Crippen LogP contribution is 2.25. The Morgan fingerprint density at radius 2 is 1.73 bits per heavy atom. The van der Waals surface area contributed by atoms with Gasteiger partial charge in [-0.3, -0.25) is 19.3 Å². The van der Waals surface area contributed by atoms with E-state index in [1.165, 1.54) is 16.2 Å². The summed E-state index contributed by atoms with van der Waals surface area (Å²) < 4.78 is 0. The van der Waals surface area contributed by atoms with Gasteiger partial charge in [-0.15, -0.1) is 11.3 Å². The fraction of sp³-hybridized carbons (Fsp3) is 0.207. The van der Waals surface area contributed by atoms with Gasteiger partial charge in [-0.05, 0) is 65.4 Å². The highest BCUT2D eigenvalue weighted by molar-refractivity contribution is 7.09. The normalized spacial score (nSPS) is 13.5. The summed E-state index contributed by atoms with van der Waals surface area (Å²) >= 11 is 7.44. The molecule has 6 nitrogen and oxygen atoms in total. The van der Waals surface area contributed by atoms with E-state index >= 15 is 0 Å². The molecule has 4 aromatic rings. The predicted octanol–water partition coefficient (Wildman–Crippen LogP) is 4.68. The van der Waals surface area contributed by atoms with Crippen LogP contribution in [0, 0.1) is 0 Å². The van der Waals surface area contributed by atoms with Crippen LogP contribution < -0.4 is 16.0 Å². The van der Waals surface area contributed by atoms with Crippen molar-refractivity contribution in [2.24, 2.45) is 5.73 Å². The van der Waals surface area contributed by atoms with Crippen molar-refractivity contribution in [3.63, 3.8) is 0 Å². The van der Waals surface area contributed by atoms with Gasteiger partial charge in [0.05, 0.1) is 6.04 Å². The van der Waals surface area contributed by atoms with Crippen LogP contribution in [0.25, 0.3) is 10.8 Å². The number of carbonyl (C=O) groups excluding carboxylic acids is 3. The number of carbonyl (C=O) groups is 2. The van der Waals surface area contributed by atoms with Crippen molar-refractivity contribution in [1.29, 1.82) is 0 Å². The van der Waals surface area contributed by atoms with Crippen molar-refractivity contribution in [3.05, 3.63) is 99.7 Å². The topological polar surface area (TPSA) is 92.5 Å². The molecule has 3 N–H and O–H groups in total. The first-order valence-electron chi connectivity index (χ1n) is 11.9. The standard InChI is InChI=1S/C29H27ClN3O3S/c1-19(18-34)33(24-13-10-21-5-2-3-6-22(21)16-24)29(36)27(17-25-7-4-14-37-25)32-28(35)26(31)15-20-8-11-23(30)12-9-20/h2-14,16,19,26-27H,15,17,31H2,1H3,(H,32,35)/t19-,26-,27-/m0/s1. The molecular formula is C29H27ClN3O3S. The Bertz CT molecular complexity index is 1370. The quantitative estimate of drug-likeness (QED) is 0.310. The average molecular weight is 533 g/mol. The fourth-order valence-corrected chi connectivity index (χ4v) is 5.04. The summed E-state index contributed by atoms with van der Waals surface area (Å²) in [6, 6.07) is 21.6. The van der Waals surface area contributed by atoms with Gasteiger partial charge in [0.25, 0.3) is 5.91 Å². The number of anilines is 1. The molecule has 4 rings (SSSR count). The van der Waals surface area contributed by atoms with E-state index in [0.717, 1.165) is 21.2 Å². The Hall–Kier alpha value is -3.52. The first kappa shape index (κ1) is 26.5. The van der Waals surface area contributed by atoms with Gasteiger partial charge in [-0.2, -0.15) is 0 Å². The number of thiophene rings is 1. The van der Waals surface area contributed by atoms with Crippen LogP contribution in [0.5, 0.6) is 0 Å². The van der Waals surface area contributed by atoms with Crippen molar-refractivity contribution in [1.82, 2.24) is 5.32 Å². The zero-order valence-corrected chi connectivity index (χ0v) is 21.8. The van der Waals surface area contributed by atoms with Gasteiger partial charge in [0.2, 0.25) is 12.2 Å². The maximum absolute atomic E-state index is 13.9. The minimum atomic E-state index is -0.926. The van der Waals surface area contributed by atoms with E-state index in [1.807, 2.05) is 72.3 Å². The number of hydrogen-bond donors (Lipinski definition) is 2. The third-order valence-electron chi connectivity index (χ3n) is 6.11. The number of rotatable bonds is 10. The van der Waals surface area contributed by atoms with Gasteiger partial charge in [0.15, 0.2) is 0 Å². The SMILES string of the molecule is C[C@@H]([C]=O)N(C(=O)[C@H](Cc1cccs1)NC(=O)[C@@H](N)Cc1ccc(Cl)cc1)c1ccc2ccccc2c1. The van der Waals surface area contributed by atoms with Crippen LogP contribution in [0.1, 0.15) is 17.4 Å². The van der Waals surface area contributed by atoms with E-state index in [4.69, 9.17) is 17.3 Å². The maximum Gasteiger partial charge on any atom is 0.250 e. The summed E-state index contributed by atoms with van der Waals surface area (Å²) in [6.07, 6.45) is 2.49. The second-order valence-electron chi connectivity index (χ2n) is 8.82. The largest absolute Gasteiger partial charge is 0.343 e. The molecule has 3 aromatic carbocycles. The predicted molar refractivity (Wildman–Crippen MR) is 150 cm³/mol. The maximum atomic E-state index is 13.9. The van der Waals surface area contributed by atoms with E-state index in [2.05, 4.69) is 5.32 Å². The summed E-state index contributed by atoms with van der Waals surface area (Å²) in [4.78, 5) is 41.1. The number of amides is 2. The monoisotopic (exact) mass is 532 g/mol. The second-order valence-corrected chi connectivity index (χ2v) is 10.3. The molecule has 0 bridgehead atoms. The molecule has 0 unspecified atom stereocenters. The van der Waals surface area contributed by atoms with Crippen LogP contribution in [-0.2, 0) is 27.2 Å². The minimum Gasteiger partial charge on any atom is -0.343 e. The average Bonchev–Trinajstić information content (AvgIpc) is 3.42. The van der Waals surface area contributed by atoms with Gasteiger partial charge >= 0.3 is 0 Å². The lowest BCUT2D eigenvalue weighted by Gasteiger charge is -2.30. The third kappa shape index (κ3) is 6.63. The van der Waals surface area contributed by atoms with Crippen LogP contribution in [0.2, 0.25) is 5.02 Å². The summed E-state index contributed by atoms with van der Waals surface area (Å²) in [5.41, 5.74) is 7.62. The number of fused-ring (bicyclic) bond motifs is 1. The molecule has 3 atom stereocenters. The molecule has 1 heterocycles. The van der Waals surface area contributed by atoms with Crippen molar-refractivity contribution in [2.75, 3.05) is 4.90 Å². The van der Waals surface area contributed by atoms with E-state index in [-0.39, 0.29) is 12.8 Å². The molecular weight excluding hydrogens is 506 g/mol. The van der Waals surface area contributed by atoms with Gasteiger partial charge < -0.3 is 11.1 Å². The van der Waals surface area contributed by atoms with Crippen molar-refractivity contribution in [3.8, 4) is 0 Å². The van der Waals surface area contributed by atoms with Crippen LogP contribution in [-0.4, -0.2) is 36.2 Å². The van der Waals surface area contributed by atoms with E-state index in [1.54, 1.807) is 25.1 Å². The molecule has 0 saturated heterocycles. The molecule has 0 spiro atoms. The lowest BCUT2D eigenvalue weighted by molar-refractivity contribution is -0.128. The molecule has 0 aliphatic rings. The zero-order chi connectivity index (χ0) is 26.4. The number of hydrogen-bond acceptors (Lipinski definition) is 5. The van der Waals surface area contributed by atoms with Gasteiger partial charge in [0, 0.05) is 22.0 Å². The Labute approximate surface area is 225 Å². The van der Waals surface area contributed by atoms with Gasteiger partial charge in [-0.1, -0.05) is 60.1 Å². The Balaban J connectivity index is 1.61. The van der Waals surface area contributed by atoms with Crippen molar-refractivity contribution >= 4 is 57.5 Å². The van der Waals surface area contributed by atoms with Crippen LogP contribution >= 0.6 is 22.9 Å². The molecule has 0 aliphatic carbocycles. The smallest absolute Gasteiger partial charge is 0.250 e. The number of nitrogens with two attached hydrogens (primary N) is 1. The lowest BCUT2D eigenvalue weighted by atomic mass is 10.0. The molecule has 1 radical (unpaired) electrons. The van der Waals surface area contributed by atoms with Gasteiger partial charge in [0.1, 0.15) is 12.1 Å². The number of nitrogens with zero attached hydrogens (tertiary/aromatic N) is 1. The Morgan fingerprint density at radius 3 is 2.41 bits per heavy atom. The molecule has 1 aromatic heterocycles. The van der Waals surface area contributed by atoms with Crippen LogP contribution in [0.15, 0.2) is 84.2 Å². The molecule has 2 amide bonds. The number of benzene rings is 3. The highest BCUT2D eigenvalue weighted by Gasteiger charge is 2.32. The highest BCUT2D eigenvalue weighted by atomic mass is 35.5. The fourth-order valence-electron chi connectivity index (χ4n) is 4.16. The second kappa shape index (κ2) is 12.1. The summed E-state index contributed by atoms with van der Waals surface area (Å²) in [5.74, 6) is -0.863. The molecule has 189 valence electrons. The summed E-state index contributed by atoms with van der Waals surface area (Å²) in [6.45, 7) is 1.61. The van der Waals surface area contributed by atoms with Crippen molar-refractivity contribution < 1.29 is 14.4 Å². The number of halogens is 1. The van der Waals surface area contributed by atoms with Crippen molar-refractivity contribution in [2.45, 2.75) is 37.9 Å². The van der Waals surface area contributed by atoms with Crippen LogP contribution in [0.3, 0.4) is 0 Å². The molecule has 0 aliphatic heterocycles. The summed E-state index contributed by atoms with van der Waals surface area (Å²) in [7, 11) is 0. The third-order valence-corrected chi connectivity index (χ3v) is 7.26.